The standard InChI is InChI=1S/C13H29N3O2/c1-5-14-13(16-11-12(2)3)15-7-6-8-18-10-9-17-4/h12H,5-11H2,1-4H3,(H2,14,15,16). The maximum absolute atomic E-state index is 5.39. The van der Waals surface area contributed by atoms with Crippen LogP contribution < -0.4 is 10.6 Å². The van der Waals surface area contributed by atoms with E-state index in [9.17, 15) is 0 Å². The van der Waals surface area contributed by atoms with Gasteiger partial charge in [0.15, 0.2) is 5.96 Å². The second-order valence-electron chi connectivity index (χ2n) is 4.50. The quantitative estimate of drug-likeness (QED) is 0.352. The molecule has 0 rings (SSSR count). The molecule has 0 fully saturated rings. The molecule has 5 heteroatoms. The minimum atomic E-state index is 0.581. The van der Waals surface area contributed by atoms with E-state index in [0.717, 1.165) is 38.6 Å². The Morgan fingerprint density at radius 3 is 2.56 bits per heavy atom. The van der Waals surface area contributed by atoms with Crippen molar-refractivity contribution in [3.63, 3.8) is 0 Å². The molecule has 0 atom stereocenters. The summed E-state index contributed by atoms with van der Waals surface area (Å²) in [7, 11) is 1.68. The molecule has 0 aliphatic heterocycles. The van der Waals surface area contributed by atoms with Crippen molar-refractivity contribution in [2.24, 2.45) is 10.9 Å². The summed E-state index contributed by atoms with van der Waals surface area (Å²) in [6.07, 6.45) is 0.968. The minimum Gasteiger partial charge on any atom is -0.382 e. The van der Waals surface area contributed by atoms with Gasteiger partial charge in [-0.1, -0.05) is 13.8 Å². The lowest BCUT2D eigenvalue weighted by Gasteiger charge is -2.12. The van der Waals surface area contributed by atoms with Crippen LogP contribution in [0.1, 0.15) is 27.2 Å². The third-order valence-corrected chi connectivity index (χ3v) is 2.15. The topological polar surface area (TPSA) is 54.9 Å². The predicted octanol–water partition coefficient (Wildman–Crippen LogP) is 1.25. The number of hydrogen-bond donors (Lipinski definition) is 2. The number of ether oxygens (including phenoxy) is 2. The summed E-state index contributed by atoms with van der Waals surface area (Å²) in [5, 5.41) is 6.52. The van der Waals surface area contributed by atoms with Crippen molar-refractivity contribution in [1.82, 2.24) is 10.6 Å². The van der Waals surface area contributed by atoms with Gasteiger partial charge in [-0.2, -0.15) is 0 Å². The van der Waals surface area contributed by atoms with Crippen LogP contribution in [-0.4, -0.2) is 52.5 Å². The fourth-order valence-electron chi connectivity index (χ4n) is 1.24. The molecule has 0 spiro atoms. The fraction of sp³-hybridized carbons (Fsp3) is 0.923. The highest BCUT2D eigenvalue weighted by Gasteiger charge is 1.97. The monoisotopic (exact) mass is 259 g/mol. The Morgan fingerprint density at radius 1 is 1.17 bits per heavy atom. The normalized spacial score (nSPS) is 11.9. The molecule has 5 nitrogen and oxygen atoms in total. The second kappa shape index (κ2) is 12.6. The molecule has 18 heavy (non-hydrogen) atoms. The molecular formula is C13H29N3O2. The van der Waals surface area contributed by atoms with E-state index in [0.29, 0.717) is 19.1 Å². The van der Waals surface area contributed by atoms with Crippen LogP contribution in [0.2, 0.25) is 0 Å². The molecular weight excluding hydrogens is 230 g/mol. The Morgan fingerprint density at radius 2 is 1.94 bits per heavy atom. The molecule has 2 N–H and O–H groups in total. The first-order valence-electron chi connectivity index (χ1n) is 6.79. The number of nitrogens with zero attached hydrogens (tertiary/aromatic N) is 1. The highest BCUT2D eigenvalue weighted by molar-refractivity contribution is 5.79. The van der Waals surface area contributed by atoms with Crippen LogP contribution in [0, 0.1) is 5.92 Å². The first-order chi connectivity index (χ1) is 8.70. The summed E-state index contributed by atoms with van der Waals surface area (Å²) < 4.78 is 10.3. The largest absolute Gasteiger partial charge is 0.382 e. The van der Waals surface area contributed by atoms with Crippen LogP contribution in [-0.2, 0) is 9.47 Å². The van der Waals surface area contributed by atoms with E-state index >= 15 is 0 Å². The van der Waals surface area contributed by atoms with Crippen LogP contribution >= 0.6 is 0 Å². The van der Waals surface area contributed by atoms with Gasteiger partial charge in [0.25, 0.3) is 0 Å². The fourth-order valence-corrected chi connectivity index (χ4v) is 1.24. The lowest BCUT2D eigenvalue weighted by atomic mass is 10.2. The van der Waals surface area contributed by atoms with Crippen LogP contribution in [0.5, 0.6) is 0 Å². The van der Waals surface area contributed by atoms with Gasteiger partial charge in [-0.05, 0) is 19.3 Å². The molecule has 0 heterocycles. The Bertz CT molecular complexity index is 208. The molecule has 0 saturated heterocycles. The van der Waals surface area contributed by atoms with Gasteiger partial charge in [0.05, 0.1) is 13.2 Å². The molecule has 0 aromatic heterocycles. The van der Waals surface area contributed by atoms with Crippen molar-refractivity contribution in [2.45, 2.75) is 27.2 Å². The Kier molecular flexibility index (Phi) is 12.1. The lowest BCUT2D eigenvalue weighted by molar-refractivity contribution is 0.0698. The van der Waals surface area contributed by atoms with Crippen molar-refractivity contribution < 1.29 is 9.47 Å². The van der Waals surface area contributed by atoms with Gasteiger partial charge in [0.2, 0.25) is 0 Å². The molecule has 0 aromatic rings. The van der Waals surface area contributed by atoms with E-state index in [4.69, 9.17) is 9.47 Å². The van der Waals surface area contributed by atoms with Crippen LogP contribution in [0.3, 0.4) is 0 Å². The Labute approximate surface area is 111 Å². The maximum Gasteiger partial charge on any atom is 0.191 e. The third kappa shape index (κ3) is 11.7. The third-order valence-electron chi connectivity index (χ3n) is 2.15. The van der Waals surface area contributed by atoms with Crippen molar-refractivity contribution in [2.75, 3.05) is 46.6 Å². The number of guanidine groups is 1. The predicted molar refractivity (Wildman–Crippen MR) is 76.1 cm³/mol. The van der Waals surface area contributed by atoms with Gasteiger partial charge in [-0.3, -0.25) is 4.99 Å². The summed E-state index contributed by atoms with van der Waals surface area (Å²) in [4.78, 5) is 4.49. The first-order valence-corrected chi connectivity index (χ1v) is 6.79. The van der Waals surface area contributed by atoms with E-state index in [1.54, 1.807) is 7.11 Å². The molecule has 0 saturated carbocycles. The average molecular weight is 259 g/mol. The van der Waals surface area contributed by atoms with Gasteiger partial charge < -0.3 is 20.1 Å². The summed E-state index contributed by atoms with van der Waals surface area (Å²) in [6, 6.07) is 0. The summed E-state index contributed by atoms with van der Waals surface area (Å²) >= 11 is 0. The number of hydrogen-bond acceptors (Lipinski definition) is 3. The molecule has 0 radical (unpaired) electrons. The number of aliphatic imine (C=N–C) groups is 1. The Balaban J connectivity index is 3.60. The van der Waals surface area contributed by atoms with Crippen molar-refractivity contribution in [1.29, 1.82) is 0 Å². The summed E-state index contributed by atoms with van der Waals surface area (Å²) in [5.41, 5.74) is 0. The van der Waals surface area contributed by atoms with Gasteiger partial charge in [-0.15, -0.1) is 0 Å². The summed E-state index contributed by atoms with van der Waals surface area (Å²) in [5.74, 6) is 1.47. The van der Waals surface area contributed by atoms with E-state index in [1.165, 1.54) is 0 Å². The molecule has 0 aromatic carbocycles. The van der Waals surface area contributed by atoms with Gasteiger partial charge >= 0.3 is 0 Å². The van der Waals surface area contributed by atoms with Gasteiger partial charge in [-0.25, -0.2) is 0 Å². The molecule has 108 valence electrons. The van der Waals surface area contributed by atoms with Crippen molar-refractivity contribution in [3.05, 3.63) is 0 Å². The Hall–Kier alpha value is -0.810. The maximum atomic E-state index is 5.39. The van der Waals surface area contributed by atoms with Crippen LogP contribution in [0.25, 0.3) is 0 Å². The number of methoxy groups -OCH3 is 1. The lowest BCUT2D eigenvalue weighted by Crippen LogP contribution is -2.38. The number of nitrogens with one attached hydrogen (secondary N) is 2. The molecule has 0 aliphatic carbocycles. The number of rotatable bonds is 10. The van der Waals surface area contributed by atoms with Crippen LogP contribution in [0.4, 0.5) is 0 Å². The van der Waals surface area contributed by atoms with Crippen LogP contribution in [0.15, 0.2) is 4.99 Å². The second-order valence-corrected chi connectivity index (χ2v) is 4.50. The van der Waals surface area contributed by atoms with E-state index in [1.807, 2.05) is 0 Å². The van der Waals surface area contributed by atoms with Crippen molar-refractivity contribution >= 4 is 5.96 Å². The summed E-state index contributed by atoms with van der Waals surface area (Å²) in [6.45, 7) is 11.1. The SMILES string of the molecule is CCNC(=NCC(C)C)NCCCOCCOC. The highest BCUT2D eigenvalue weighted by atomic mass is 16.5. The zero-order valence-corrected chi connectivity index (χ0v) is 12.3. The first kappa shape index (κ1) is 17.2. The van der Waals surface area contributed by atoms with Gasteiger partial charge in [0.1, 0.15) is 0 Å². The smallest absolute Gasteiger partial charge is 0.191 e. The molecule has 0 amide bonds. The molecule has 0 bridgehead atoms. The zero-order chi connectivity index (χ0) is 13.6. The minimum absolute atomic E-state index is 0.581. The van der Waals surface area contributed by atoms with Gasteiger partial charge in [0, 0.05) is 33.4 Å². The van der Waals surface area contributed by atoms with E-state index in [2.05, 4.69) is 36.4 Å². The average Bonchev–Trinajstić information content (AvgIpc) is 2.34. The molecule has 0 aliphatic rings. The van der Waals surface area contributed by atoms with Crippen molar-refractivity contribution in [3.8, 4) is 0 Å². The zero-order valence-electron chi connectivity index (χ0n) is 12.3. The highest BCUT2D eigenvalue weighted by Crippen LogP contribution is 1.91. The molecule has 0 unspecified atom stereocenters. The van der Waals surface area contributed by atoms with E-state index in [-0.39, 0.29) is 0 Å². The van der Waals surface area contributed by atoms with E-state index < -0.39 is 0 Å².